The molecule has 1 aromatic heterocycles. The Morgan fingerprint density at radius 2 is 2.10 bits per heavy atom. The maximum absolute atomic E-state index is 11.7. The normalized spacial score (nSPS) is 10.1. The number of urea groups is 1. The number of carbonyl (C=O) groups is 2. The molecule has 2 N–H and O–H groups in total. The molecule has 1 heterocycles. The number of nitrogens with one attached hydrogen (secondary N) is 2. The van der Waals surface area contributed by atoms with Gasteiger partial charge in [-0.25, -0.2) is 4.79 Å². The molecule has 0 fully saturated rings. The van der Waals surface area contributed by atoms with Crippen LogP contribution in [-0.2, 0) is 11.3 Å². The minimum Gasteiger partial charge on any atom is -0.333 e. The Kier molecular flexibility index (Phi) is 5.83. The molecule has 0 saturated carbocycles. The van der Waals surface area contributed by atoms with Gasteiger partial charge in [0.25, 0.3) is 0 Å². The van der Waals surface area contributed by atoms with Crippen molar-refractivity contribution in [2.24, 2.45) is 0 Å². The van der Waals surface area contributed by atoms with Crippen LogP contribution in [0.1, 0.15) is 10.4 Å². The molecule has 0 aliphatic rings. The second kappa shape index (κ2) is 7.85. The first-order valence-electron chi connectivity index (χ1n) is 6.43. The lowest BCUT2D eigenvalue weighted by molar-refractivity contribution is -0.117. The van der Waals surface area contributed by atoms with Gasteiger partial charge in [-0.3, -0.25) is 10.1 Å². The van der Waals surface area contributed by atoms with Gasteiger partial charge < -0.3 is 5.32 Å². The van der Waals surface area contributed by atoms with Crippen LogP contribution in [0.25, 0.3) is 0 Å². The second-order valence-corrected chi connectivity index (χ2v) is 6.50. The number of carbonyl (C=O) groups excluding carboxylic acids is 2. The number of hydrogen-bond donors (Lipinski definition) is 2. The molecule has 21 heavy (non-hydrogen) atoms. The molecule has 1 aromatic carbocycles. The van der Waals surface area contributed by atoms with E-state index in [2.05, 4.69) is 10.6 Å². The van der Waals surface area contributed by atoms with Crippen LogP contribution >= 0.6 is 23.1 Å². The van der Waals surface area contributed by atoms with Gasteiger partial charge in [0.2, 0.25) is 5.91 Å². The number of thiophene rings is 1. The summed E-state index contributed by atoms with van der Waals surface area (Å²) in [7, 11) is 0. The van der Waals surface area contributed by atoms with Gasteiger partial charge in [-0.2, -0.15) is 0 Å². The summed E-state index contributed by atoms with van der Waals surface area (Å²) >= 11 is 2.97. The summed E-state index contributed by atoms with van der Waals surface area (Å²) in [6.45, 7) is 2.43. The third-order valence-corrected chi connectivity index (χ3v) is 4.49. The van der Waals surface area contributed by atoms with Gasteiger partial charge in [-0.15, -0.1) is 23.1 Å². The summed E-state index contributed by atoms with van der Waals surface area (Å²) in [6.07, 6.45) is 0. The number of benzene rings is 1. The van der Waals surface area contributed by atoms with Crippen molar-refractivity contribution in [1.29, 1.82) is 0 Å². The Bertz CT molecular complexity index is 612. The van der Waals surface area contributed by atoms with Crippen LogP contribution in [0.3, 0.4) is 0 Å². The van der Waals surface area contributed by atoms with Gasteiger partial charge in [0.1, 0.15) is 0 Å². The van der Waals surface area contributed by atoms with E-state index in [1.54, 1.807) is 11.3 Å². The average Bonchev–Trinajstić information content (AvgIpc) is 2.96. The van der Waals surface area contributed by atoms with Crippen LogP contribution in [-0.4, -0.2) is 17.7 Å². The molecular weight excluding hydrogens is 304 g/mol. The Morgan fingerprint density at radius 3 is 2.81 bits per heavy atom. The third kappa shape index (κ3) is 5.61. The monoisotopic (exact) mass is 320 g/mol. The maximum Gasteiger partial charge on any atom is 0.321 e. The SMILES string of the molecule is Cc1cccc(SCC(=O)NC(=O)NCc2cccs2)c1. The Hall–Kier alpha value is -1.79. The third-order valence-electron chi connectivity index (χ3n) is 2.62. The molecule has 0 aliphatic heterocycles. The zero-order valence-corrected chi connectivity index (χ0v) is 13.2. The van der Waals surface area contributed by atoms with Gasteiger partial charge in [0.15, 0.2) is 0 Å². The summed E-state index contributed by atoms with van der Waals surface area (Å²) < 4.78 is 0. The van der Waals surface area contributed by atoms with E-state index in [9.17, 15) is 9.59 Å². The second-order valence-electron chi connectivity index (χ2n) is 4.42. The summed E-state index contributed by atoms with van der Waals surface area (Å²) in [6, 6.07) is 11.3. The first-order valence-corrected chi connectivity index (χ1v) is 8.29. The molecule has 3 amide bonds. The number of aryl methyl sites for hydroxylation is 1. The van der Waals surface area contributed by atoms with Crippen molar-refractivity contribution in [3.8, 4) is 0 Å². The summed E-state index contributed by atoms with van der Waals surface area (Å²) in [5, 5.41) is 6.92. The molecule has 0 aliphatic carbocycles. The van der Waals surface area contributed by atoms with Gasteiger partial charge in [-0.05, 0) is 30.5 Å². The smallest absolute Gasteiger partial charge is 0.321 e. The fraction of sp³-hybridized carbons (Fsp3) is 0.200. The highest BCUT2D eigenvalue weighted by Crippen LogP contribution is 2.18. The van der Waals surface area contributed by atoms with Crippen LogP contribution in [0.5, 0.6) is 0 Å². The summed E-state index contributed by atoms with van der Waals surface area (Å²) in [5.41, 5.74) is 1.15. The first kappa shape index (κ1) is 15.6. The fourth-order valence-corrected chi connectivity index (χ4v) is 3.10. The Morgan fingerprint density at radius 1 is 1.24 bits per heavy atom. The summed E-state index contributed by atoms with van der Waals surface area (Å²) in [5.74, 6) is -0.0826. The van der Waals surface area contributed by atoms with E-state index in [0.717, 1.165) is 15.3 Å². The van der Waals surface area contributed by atoms with E-state index >= 15 is 0 Å². The quantitative estimate of drug-likeness (QED) is 0.832. The van der Waals surface area contributed by atoms with E-state index in [1.807, 2.05) is 48.7 Å². The van der Waals surface area contributed by atoms with Gasteiger partial charge >= 0.3 is 6.03 Å². The topological polar surface area (TPSA) is 58.2 Å². The van der Waals surface area contributed by atoms with E-state index in [0.29, 0.717) is 6.54 Å². The van der Waals surface area contributed by atoms with Gasteiger partial charge in [0.05, 0.1) is 12.3 Å². The molecular formula is C15H16N2O2S2. The molecule has 4 nitrogen and oxygen atoms in total. The van der Waals surface area contributed by atoms with Crippen molar-refractivity contribution < 1.29 is 9.59 Å². The maximum atomic E-state index is 11.7. The standard InChI is InChI=1S/C15H16N2O2S2/c1-11-4-2-5-12(8-11)21-10-14(18)17-15(19)16-9-13-6-3-7-20-13/h2-8H,9-10H2,1H3,(H2,16,17,18,19). The van der Waals surface area contributed by atoms with Crippen LogP contribution in [0.15, 0.2) is 46.7 Å². The van der Waals surface area contributed by atoms with Gasteiger partial charge in [-0.1, -0.05) is 23.8 Å². The lowest BCUT2D eigenvalue weighted by Crippen LogP contribution is -2.39. The molecule has 0 radical (unpaired) electrons. The molecule has 0 unspecified atom stereocenters. The summed E-state index contributed by atoms with van der Waals surface area (Å²) in [4.78, 5) is 25.3. The molecule has 0 atom stereocenters. The molecule has 2 aromatic rings. The van der Waals surface area contributed by atoms with Crippen LogP contribution in [0, 0.1) is 6.92 Å². The van der Waals surface area contributed by atoms with Gasteiger partial charge in [0, 0.05) is 9.77 Å². The molecule has 6 heteroatoms. The zero-order chi connectivity index (χ0) is 15.1. The van der Waals surface area contributed by atoms with Crippen molar-refractivity contribution in [2.45, 2.75) is 18.4 Å². The lowest BCUT2D eigenvalue weighted by atomic mass is 10.2. The van der Waals surface area contributed by atoms with Crippen LogP contribution in [0.4, 0.5) is 4.79 Å². The highest BCUT2D eigenvalue weighted by atomic mass is 32.2. The van der Waals surface area contributed by atoms with Crippen molar-refractivity contribution in [1.82, 2.24) is 10.6 Å². The van der Waals surface area contributed by atoms with Crippen molar-refractivity contribution in [2.75, 3.05) is 5.75 Å². The van der Waals surface area contributed by atoms with Crippen LogP contribution in [0.2, 0.25) is 0 Å². The number of amides is 3. The van der Waals surface area contributed by atoms with Crippen molar-refractivity contribution >= 4 is 35.0 Å². The molecule has 2 rings (SSSR count). The van der Waals surface area contributed by atoms with Crippen LogP contribution < -0.4 is 10.6 Å². The first-order chi connectivity index (χ1) is 10.1. The molecule has 110 valence electrons. The van der Waals surface area contributed by atoms with E-state index in [-0.39, 0.29) is 11.7 Å². The Labute approximate surface area is 131 Å². The number of rotatable bonds is 5. The minimum atomic E-state index is -0.460. The predicted octanol–water partition coefficient (Wildman–Crippen LogP) is 3.17. The average molecular weight is 320 g/mol. The van der Waals surface area contributed by atoms with Crippen molar-refractivity contribution in [3.63, 3.8) is 0 Å². The Balaban J connectivity index is 1.70. The molecule has 0 saturated heterocycles. The van der Waals surface area contributed by atoms with Crippen molar-refractivity contribution in [3.05, 3.63) is 52.2 Å². The van der Waals surface area contributed by atoms with E-state index in [1.165, 1.54) is 11.8 Å². The fourth-order valence-electron chi connectivity index (χ4n) is 1.64. The lowest BCUT2D eigenvalue weighted by Gasteiger charge is -2.06. The number of imide groups is 1. The highest BCUT2D eigenvalue weighted by molar-refractivity contribution is 8.00. The molecule has 0 spiro atoms. The highest BCUT2D eigenvalue weighted by Gasteiger charge is 2.08. The van der Waals surface area contributed by atoms with E-state index in [4.69, 9.17) is 0 Å². The minimum absolute atomic E-state index is 0.218. The predicted molar refractivity (Wildman–Crippen MR) is 86.6 cm³/mol. The van der Waals surface area contributed by atoms with E-state index < -0.39 is 6.03 Å². The largest absolute Gasteiger partial charge is 0.333 e. The number of thioether (sulfide) groups is 1. The molecule has 0 bridgehead atoms. The number of hydrogen-bond acceptors (Lipinski definition) is 4. The zero-order valence-electron chi connectivity index (χ0n) is 11.6.